The summed E-state index contributed by atoms with van der Waals surface area (Å²) < 4.78 is 5.87. The third-order valence-corrected chi connectivity index (χ3v) is 3.72. The highest BCUT2D eigenvalue weighted by molar-refractivity contribution is 7.98. The number of ether oxygens (including phenoxy) is 1. The van der Waals surface area contributed by atoms with Crippen LogP contribution < -0.4 is 10.1 Å². The van der Waals surface area contributed by atoms with Gasteiger partial charge in [-0.05, 0) is 50.6 Å². The average Bonchev–Trinajstić information content (AvgIpc) is 2.48. The number of hydrogen-bond donors (Lipinski definition) is 1. The third-order valence-electron chi connectivity index (χ3n) is 2.97. The number of benzene rings is 1. The fraction of sp³-hybridized carbons (Fsp3) is 0.267. The van der Waals surface area contributed by atoms with Crippen molar-refractivity contribution in [2.45, 2.75) is 17.9 Å². The number of pyridine rings is 1. The normalized spacial score (nSPS) is 12.2. The summed E-state index contributed by atoms with van der Waals surface area (Å²) in [6.45, 7) is 2.08. The van der Waals surface area contributed by atoms with Crippen molar-refractivity contribution in [3.05, 3.63) is 48.2 Å². The first kappa shape index (κ1) is 13.9. The van der Waals surface area contributed by atoms with E-state index in [9.17, 15) is 0 Å². The maximum Gasteiger partial charge on any atom is 0.223 e. The van der Waals surface area contributed by atoms with Crippen molar-refractivity contribution in [3.63, 3.8) is 0 Å². The molecule has 0 fully saturated rings. The molecule has 1 N–H and O–H groups in total. The maximum atomic E-state index is 5.87. The Morgan fingerprint density at radius 2 is 1.95 bits per heavy atom. The standard InChI is InChI=1S/C15H18N2OS/c1-11(16-2)14-5-4-10-17-15(14)18-12-6-8-13(19-3)9-7-12/h4-11,16H,1-3H3. The molecule has 0 bridgehead atoms. The van der Waals surface area contributed by atoms with Gasteiger partial charge in [0.1, 0.15) is 5.75 Å². The van der Waals surface area contributed by atoms with E-state index in [1.54, 1.807) is 18.0 Å². The van der Waals surface area contributed by atoms with Gasteiger partial charge in [-0.2, -0.15) is 0 Å². The SMILES string of the molecule is CNC(C)c1cccnc1Oc1ccc(SC)cc1. The lowest BCUT2D eigenvalue weighted by Gasteiger charge is -2.15. The summed E-state index contributed by atoms with van der Waals surface area (Å²) in [5.41, 5.74) is 1.05. The molecule has 4 heteroatoms. The fourth-order valence-electron chi connectivity index (χ4n) is 1.73. The monoisotopic (exact) mass is 274 g/mol. The third kappa shape index (κ3) is 3.49. The van der Waals surface area contributed by atoms with Crippen molar-refractivity contribution in [2.24, 2.45) is 0 Å². The molecule has 0 spiro atoms. The van der Waals surface area contributed by atoms with E-state index in [0.29, 0.717) is 5.88 Å². The molecule has 1 unspecified atom stereocenters. The first-order valence-electron chi connectivity index (χ1n) is 6.18. The Bertz CT molecular complexity index is 528. The van der Waals surface area contributed by atoms with E-state index >= 15 is 0 Å². The van der Waals surface area contributed by atoms with Crippen molar-refractivity contribution in [1.29, 1.82) is 0 Å². The molecule has 0 aliphatic carbocycles. The van der Waals surface area contributed by atoms with Crippen LogP contribution in [0.3, 0.4) is 0 Å². The molecule has 1 aromatic heterocycles. The van der Waals surface area contributed by atoms with Crippen LogP contribution >= 0.6 is 11.8 Å². The fourth-order valence-corrected chi connectivity index (χ4v) is 2.14. The van der Waals surface area contributed by atoms with Crippen molar-refractivity contribution >= 4 is 11.8 Å². The molecule has 2 rings (SSSR count). The Hall–Kier alpha value is -1.52. The van der Waals surface area contributed by atoms with Crippen LogP contribution in [0.25, 0.3) is 0 Å². The van der Waals surface area contributed by atoms with Gasteiger partial charge in [0.2, 0.25) is 5.88 Å². The lowest BCUT2D eigenvalue weighted by atomic mass is 10.1. The topological polar surface area (TPSA) is 34.2 Å². The molecule has 1 atom stereocenters. The van der Waals surface area contributed by atoms with E-state index in [2.05, 4.69) is 23.5 Å². The van der Waals surface area contributed by atoms with Gasteiger partial charge in [-0.15, -0.1) is 11.8 Å². The number of hydrogen-bond acceptors (Lipinski definition) is 4. The molecule has 3 nitrogen and oxygen atoms in total. The number of aromatic nitrogens is 1. The molecule has 100 valence electrons. The van der Waals surface area contributed by atoms with Crippen LogP contribution in [0.1, 0.15) is 18.5 Å². The van der Waals surface area contributed by atoms with E-state index in [0.717, 1.165) is 11.3 Å². The Kier molecular flexibility index (Phi) is 4.82. The molecule has 19 heavy (non-hydrogen) atoms. The van der Waals surface area contributed by atoms with Gasteiger partial charge in [0.25, 0.3) is 0 Å². The van der Waals surface area contributed by atoms with Gasteiger partial charge in [-0.3, -0.25) is 0 Å². The molecular formula is C15H18N2OS. The molecule has 0 radical (unpaired) electrons. The Morgan fingerprint density at radius 3 is 2.58 bits per heavy atom. The zero-order valence-corrected chi connectivity index (χ0v) is 12.2. The smallest absolute Gasteiger partial charge is 0.223 e. The predicted molar refractivity (Wildman–Crippen MR) is 80.0 cm³/mol. The number of thioether (sulfide) groups is 1. The lowest BCUT2D eigenvalue weighted by Crippen LogP contribution is -2.13. The van der Waals surface area contributed by atoms with Crippen LogP contribution in [0.2, 0.25) is 0 Å². The minimum atomic E-state index is 0.203. The highest BCUT2D eigenvalue weighted by Gasteiger charge is 2.11. The van der Waals surface area contributed by atoms with Crippen LogP contribution in [0.15, 0.2) is 47.5 Å². The zero-order valence-electron chi connectivity index (χ0n) is 11.4. The molecule has 0 aliphatic rings. The predicted octanol–water partition coefficient (Wildman–Crippen LogP) is 3.88. The van der Waals surface area contributed by atoms with Gasteiger partial charge in [0, 0.05) is 22.7 Å². The van der Waals surface area contributed by atoms with Gasteiger partial charge in [0.15, 0.2) is 0 Å². The summed E-state index contributed by atoms with van der Waals surface area (Å²) in [4.78, 5) is 5.54. The Labute approximate surface area is 118 Å². The van der Waals surface area contributed by atoms with Crippen LogP contribution in [-0.2, 0) is 0 Å². The van der Waals surface area contributed by atoms with E-state index in [1.807, 2.05) is 43.4 Å². The first-order chi connectivity index (χ1) is 9.24. The van der Waals surface area contributed by atoms with Crippen LogP contribution in [-0.4, -0.2) is 18.3 Å². The molecule has 0 amide bonds. The number of nitrogens with one attached hydrogen (secondary N) is 1. The summed E-state index contributed by atoms with van der Waals surface area (Å²) in [6.07, 6.45) is 3.80. The quantitative estimate of drug-likeness (QED) is 0.839. The summed E-state index contributed by atoms with van der Waals surface area (Å²) in [6, 6.07) is 12.2. The summed E-state index contributed by atoms with van der Waals surface area (Å²) in [7, 11) is 1.93. The van der Waals surface area contributed by atoms with E-state index in [4.69, 9.17) is 4.74 Å². The van der Waals surface area contributed by atoms with Crippen molar-refractivity contribution < 1.29 is 4.74 Å². The summed E-state index contributed by atoms with van der Waals surface area (Å²) in [5.74, 6) is 1.46. The molecule has 1 aromatic carbocycles. The second kappa shape index (κ2) is 6.59. The molecule has 0 aliphatic heterocycles. The average molecular weight is 274 g/mol. The van der Waals surface area contributed by atoms with E-state index in [1.165, 1.54) is 4.90 Å². The summed E-state index contributed by atoms with van der Waals surface area (Å²) >= 11 is 1.71. The Morgan fingerprint density at radius 1 is 1.21 bits per heavy atom. The van der Waals surface area contributed by atoms with Gasteiger partial charge < -0.3 is 10.1 Å². The van der Waals surface area contributed by atoms with Crippen LogP contribution in [0.5, 0.6) is 11.6 Å². The minimum absolute atomic E-state index is 0.203. The largest absolute Gasteiger partial charge is 0.439 e. The maximum absolute atomic E-state index is 5.87. The lowest BCUT2D eigenvalue weighted by molar-refractivity contribution is 0.446. The molecular weight excluding hydrogens is 256 g/mol. The highest BCUT2D eigenvalue weighted by atomic mass is 32.2. The first-order valence-corrected chi connectivity index (χ1v) is 7.41. The molecule has 0 saturated heterocycles. The molecule has 1 heterocycles. The number of nitrogens with zero attached hydrogens (tertiary/aromatic N) is 1. The Balaban J connectivity index is 2.22. The second-order valence-electron chi connectivity index (χ2n) is 4.19. The summed E-state index contributed by atoms with van der Waals surface area (Å²) in [5, 5.41) is 3.20. The zero-order chi connectivity index (χ0) is 13.7. The van der Waals surface area contributed by atoms with Gasteiger partial charge in [-0.1, -0.05) is 6.07 Å². The molecule has 0 saturated carbocycles. The highest BCUT2D eigenvalue weighted by Crippen LogP contribution is 2.28. The van der Waals surface area contributed by atoms with Crippen molar-refractivity contribution in [3.8, 4) is 11.6 Å². The number of rotatable bonds is 5. The minimum Gasteiger partial charge on any atom is -0.439 e. The van der Waals surface area contributed by atoms with E-state index in [-0.39, 0.29) is 6.04 Å². The van der Waals surface area contributed by atoms with Gasteiger partial charge in [-0.25, -0.2) is 4.98 Å². The van der Waals surface area contributed by atoms with Crippen LogP contribution in [0, 0.1) is 0 Å². The van der Waals surface area contributed by atoms with Gasteiger partial charge in [0.05, 0.1) is 0 Å². The molecule has 2 aromatic rings. The van der Waals surface area contributed by atoms with Gasteiger partial charge >= 0.3 is 0 Å². The van der Waals surface area contributed by atoms with Crippen molar-refractivity contribution in [2.75, 3.05) is 13.3 Å². The van der Waals surface area contributed by atoms with Crippen LogP contribution in [0.4, 0.5) is 0 Å². The van der Waals surface area contributed by atoms with E-state index < -0.39 is 0 Å². The second-order valence-corrected chi connectivity index (χ2v) is 5.07. The van der Waals surface area contributed by atoms with Crippen molar-refractivity contribution in [1.82, 2.24) is 10.3 Å².